The number of hydrogen-bond donors (Lipinski definition) is 2. The van der Waals surface area contributed by atoms with Crippen molar-refractivity contribution >= 4 is 5.91 Å². The summed E-state index contributed by atoms with van der Waals surface area (Å²) >= 11 is 0. The highest BCUT2D eigenvalue weighted by molar-refractivity contribution is 5.83. The molecule has 1 amide bonds. The second-order valence-electron chi connectivity index (χ2n) is 5.88. The highest BCUT2D eigenvalue weighted by Crippen LogP contribution is 2.44. The number of hydrogen-bond acceptors (Lipinski definition) is 2. The van der Waals surface area contributed by atoms with Crippen LogP contribution in [0.5, 0.6) is 0 Å². The van der Waals surface area contributed by atoms with E-state index < -0.39 is 0 Å². The number of nitrogens with one attached hydrogen (secondary N) is 2. The SMILES string of the molecule is O=C(NCC1CC1)[C@@]12CCCC[C@H]1CNC2. The van der Waals surface area contributed by atoms with E-state index in [-0.39, 0.29) is 5.41 Å². The van der Waals surface area contributed by atoms with Crippen molar-refractivity contribution in [2.45, 2.75) is 38.5 Å². The molecule has 3 heteroatoms. The van der Waals surface area contributed by atoms with Crippen LogP contribution in [0.25, 0.3) is 0 Å². The molecule has 90 valence electrons. The Hall–Kier alpha value is -0.570. The molecular weight excluding hydrogens is 200 g/mol. The van der Waals surface area contributed by atoms with Gasteiger partial charge in [-0.2, -0.15) is 0 Å². The molecule has 1 heterocycles. The van der Waals surface area contributed by atoms with Crippen molar-refractivity contribution in [3.63, 3.8) is 0 Å². The van der Waals surface area contributed by atoms with Crippen molar-refractivity contribution in [3.05, 3.63) is 0 Å². The van der Waals surface area contributed by atoms with E-state index >= 15 is 0 Å². The van der Waals surface area contributed by atoms with E-state index in [2.05, 4.69) is 10.6 Å². The van der Waals surface area contributed by atoms with Crippen LogP contribution in [-0.4, -0.2) is 25.5 Å². The fourth-order valence-corrected chi connectivity index (χ4v) is 3.43. The summed E-state index contributed by atoms with van der Waals surface area (Å²) in [6.45, 7) is 2.89. The van der Waals surface area contributed by atoms with Crippen molar-refractivity contribution in [1.82, 2.24) is 10.6 Å². The summed E-state index contributed by atoms with van der Waals surface area (Å²) in [5.74, 6) is 1.73. The average molecular weight is 222 g/mol. The van der Waals surface area contributed by atoms with Crippen LogP contribution in [0.4, 0.5) is 0 Å². The van der Waals surface area contributed by atoms with Crippen LogP contribution in [0.15, 0.2) is 0 Å². The molecule has 2 saturated carbocycles. The molecule has 0 aromatic heterocycles. The maximum absolute atomic E-state index is 12.4. The summed E-state index contributed by atoms with van der Waals surface area (Å²) in [7, 11) is 0. The monoisotopic (exact) mass is 222 g/mol. The van der Waals surface area contributed by atoms with Crippen LogP contribution in [-0.2, 0) is 4.79 Å². The Bertz CT molecular complexity index is 288. The lowest BCUT2D eigenvalue weighted by molar-refractivity contribution is -0.134. The first-order chi connectivity index (χ1) is 7.81. The minimum absolute atomic E-state index is 0.0485. The predicted molar refractivity (Wildman–Crippen MR) is 63.0 cm³/mol. The minimum Gasteiger partial charge on any atom is -0.355 e. The Kier molecular flexibility index (Phi) is 2.66. The lowest BCUT2D eigenvalue weighted by Gasteiger charge is -2.37. The minimum atomic E-state index is -0.0485. The quantitative estimate of drug-likeness (QED) is 0.755. The summed E-state index contributed by atoms with van der Waals surface area (Å²) in [6, 6.07) is 0. The van der Waals surface area contributed by atoms with Gasteiger partial charge in [0.25, 0.3) is 0 Å². The Morgan fingerprint density at radius 2 is 2.19 bits per heavy atom. The summed E-state index contributed by atoms with van der Waals surface area (Å²) in [6.07, 6.45) is 7.51. The largest absolute Gasteiger partial charge is 0.355 e. The van der Waals surface area contributed by atoms with Gasteiger partial charge in [-0.05, 0) is 44.1 Å². The van der Waals surface area contributed by atoms with Crippen molar-refractivity contribution in [1.29, 1.82) is 0 Å². The molecule has 3 rings (SSSR count). The third kappa shape index (κ3) is 1.75. The number of amides is 1. The standard InChI is InChI=1S/C13H22N2O/c16-12(15-7-10-4-5-10)13-6-2-1-3-11(13)8-14-9-13/h10-11,14H,1-9H2,(H,15,16)/t11-,13+/m0/s1. The number of carbonyl (C=O) groups is 1. The maximum Gasteiger partial charge on any atom is 0.227 e. The maximum atomic E-state index is 12.4. The average Bonchev–Trinajstić information content (AvgIpc) is 3.03. The molecule has 1 aliphatic heterocycles. The van der Waals surface area contributed by atoms with Gasteiger partial charge >= 0.3 is 0 Å². The van der Waals surface area contributed by atoms with E-state index in [0.717, 1.165) is 32.0 Å². The second-order valence-corrected chi connectivity index (χ2v) is 5.88. The first-order valence-corrected chi connectivity index (χ1v) is 6.80. The van der Waals surface area contributed by atoms with Gasteiger partial charge in [-0.25, -0.2) is 0 Å². The van der Waals surface area contributed by atoms with Gasteiger partial charge in [0.05, 0.1) is 5.41 Å². The van der Waals surface area contributed by atoms with Gasteiger partial charge in [-0.15, -0.1) is 0 Å². The molecule has 0 aromatic carbocycles. The van der Waals surface area contributed by atoms with Crippen molar-refractivity contribution in [2.24, 2.45) is 17.3 Å². The van der Waals surface area contributed by atoms with E-state index in [1.165, 1.54) is 32.1 Å². The van der Waals surface area contributed by atoms with Gasteiger partial charge in [-0.1, -0.05) is 12.8 Å². The normalized spacial score (nSPS) is 38.1. The van der Waals surface area contributed by atoms with E-state index in [1.54, 1.807) is 0 Å². The van der Waals surface area contributed by atoms with Crippen LogP contribution in [0.3, 0.4) is 0 Å². The molecule has 3 nitrogen and oxygen atoms in total. The molecule has 2 N–H and O–H groups in total. The molecule has 0 bridgehead atoms. The molecule has 16 heavy (non-hydrogen) atoms. The molecule has 2 atom stereocenters. The predicted octanol–water partition coefficient (Wildman–Crippen LogP) is 1.29. The van der Waals surface area contributed by atoms with Crippen molar-refractivity contribution < 1.29 is 4.79 Å². The summed E-state index contributed by atoms with van der Waals surface area (Å²) in [5, 5.41) is 6.63. The number of rotatable bonds is 3. The van der Waals surface area contributed by atoms with Crippen molar-refractivity contribution in [3.8, 4) is 0 Å². The van der Waals surface area contributed by atoms with Gasteiger partial charge in [0.2, 0.25) is 5.91 Å². The molecule has 1 saturated heterocycles. The Morgan fingerprint density at radius 3 is 3.00 bits per heavy atom. The Balaban J connectivity index is 1.66. The summed E-state index contributed by atoms with van der Waals surface area (Å²) in [5.41, 5.74) is -0.0485. The first-order valence-electron chi connectivity index (χ1n) is 6.80. The highest BCUT2D eigenvalue weighted by Gasteiger charge is 2.49. The van der Waals surface area contributed by atoms with Crippen LogP contribution in [0.2, 0.25) is 0 Å². The second kappa shape index (κ2) is 4.02. The van der Waals surface area contributed by atoms with Crippen LogP contribution in [0.1, 0.15) is 38.5 Å². The zero-order chi connectivity index (χ0) is 11.0. The van der Waals surface area contributed by atoms with Crippen LogP contribution < -0.4 is 10.6 Å². The van der Waals surface area contributed by atoms with E-state index in [9.17, 15) is 4.79 Å². The molecule has 0 radical (unpaired) electrons. The van der Waals surface area contributed by atoms with Gasteiger partial charge < -0.3 is 10.6 Å². The number of fused-ring (bicyclic) bond motifs is 1. The van der Waals surface area contributed by atoms with Crippen molar-refractivity contribution in [2.75, 3.05) is 19.6 Å². The first kappa shape index (κ1) is 10.6. The van der Waals surface area contributed by atoms with Gasteiger partial charge in [0.1, 0.15) is 0 Å². The lowest BCUT2D eigenvalue weighted by atomic mass is 9.67. The fourth-order valence-electron chi connectivity index (χ4n) is 3.43. The van der Waals surface area contributed by atoms with E-state index in [0.29, 0.717) is 11.8 Å². The smallest absolute Gasteiger partial charge is 0.227 e. The summed E-state index contributed by atoms with van der Waals surface area (Å²) < 4.78 is 0. The molecule has 2 aliphatic carbocycles. The third-order valence-corrected chi connectivity index (χ3v) is 4.74. The molecular formula is C13H22N2O. The molecule has 0 unspecified atom stereocenters. The van der Waals surface area contributed by atoms with Gasteiger partial charge in [-0.3, -0.25) is 4.79 Å². The van der Waals surface area contributed by atoms with Crippen LogP contribution >= 0.6 is 0 Å². The third-order valence-electron chi connectivity index (χ3n) is 4.74. The molecule has 0 spiro atoms. The lowest BCUT2D eigenvalue weighted by Crippen LogP contribution is -2.48. The van der Waals surface area contributed by atoms with Gasteiger partial charge in [0.15, 0.2) is 0 Å². The fraction of sp³-hybridized carbons (Fsp3) is 0.923. The number of carbonyl (C=O) groups excluding carboxylic acids is 1. The van der Waals surface area contributed by atoms with Gasteiger partial charge in [0, 0.05) is 13.1 Å². The Morgan fingerprint density at radius 1 is 1.31 bits per heavy atom. The summed E-state index contributed by atoms with van der Waals surface area (Å²) in [4.78, 5) is 12.4. The van der Waals surface area contributed by atoms with E-state index in [4.69, 9.17) is 0 Å². The zero-order valence-corrected chi connectivity index (χ0v) is 9.93. The zero-order valence-electron chi connectivity index (χ0n) is 9.93. The van der Waals surface area contributed by atoms with E-state index in [1.807, 2.05) is 0 Å². The molecule has 0 aromatic rings. The Labute approximate surface area is 97.4 Å². The van der Waals surface area contributed by atoms with Crippen LogP contribution in [0, 0.1) is 17.3 Å². The molecule has 3 fully saturated rings. The topological polar surface area (TPSA) is 41.1 Å². The highest BCUT2D eigenvalue weighted by atomic mass is 16.2. The molecule has 3 aliphatic rings.